The number of esters is 2. The molecule has 0 amide bonds. The van der Waals surface area contributed by atoms with Crippen LogP contribution in [-0.2, 0) is 28.2 Å². The molecule has 0 aliphatic carbocycles. The van der Waals surface area contributed by atoms with Crippen LogP contribution in [0.5, 0.6) is 0 Å². The lowest BCUT2D eigenvalue weighted by atomic mass is 10.0. The number of phosphoric acid groups is 1. The molecule has 3 atom stereocenters. The van der Waals surface area contributed by atoms with Gasteiger partial charge in [-0.2, -0.15) is 0 Å². The first kappa shape index (κ1) is 52.9. The highest BCUT2D eigenvalue weighted by molar-refractivity contribution is 7.46. The number of allylic oxidation sites excluding steroid dienone is 6. The summed E-state index contributed by atoms with van der Waals surface area (Å²) in [5.41, 5.74) is 0. The maximum atomic E-state index is 12.4. The first-order valence-corrected chi connectivity index (χ1v) is 23.2. The maximum Gasteiger partial charge on any atom is 0.469 e. The van der Waals surface area contributed by atoms with Gasteiger partial charge in [-0.3, -0.25) is 14.1 Å². The standard InChI is InChI=1S/C44H79O10P/c1-3-5-7-8-9-10-11-12-13-14-15-16-17-18-19-23-26-30-36-43(47)52-38-42(39-53-55(49,50)51)54-44(48)37-31-35-41(46)34-29-25-22-20-21-24-28-33-40(45)32-27-6-4-2/h21-22,24-25,28-29,33-34,40-42,45-46H,3-20,23,26-27,30-32,35-39H2,1-2H3,(H2,49,50,51)/b24-21-,25-22-,33-28+,34-29+/t40-,41-,42-/m1/s1. The van der Waals surface area contributed by atoms with Crippen LogP contribution >= 0.6 is 7.82 Å². The molecule has 0 heterocycles. The van der Waals surface area contributed by atoms with E-state index in [1.165, 1.54) is 89.9 Å². The van der Waals surface area contributed by atoms with Gasteiger partial charge >= 0.3 is 19.8 Å². The van der Waals surface area contributed by atoms with Crippen LogP contribution in [0.1, 0.15) is 187 Å². The van der Waals surface area contributed by atoms with Crippen molar-refractivity contribution in [3.8, 4) is 0 Å². The van der Waals surface area contributed by atoms with Crippen LogP contribution in [0.2, 0.25) is 0 Å². The summed E-state index contributed by atoms with van der Waals surface area (Å²) in [6, 6.07) is 0. The molecule has 0 aromatic heterocycles. The molecule has 0 radical (unpaired) electrons. The first-order valence-electron chi connectivity index (χ1n) is 21.6. The largest absolute Gasteiger partial charge is 0.469 e. The fourth-order valence-corrected chi connectivity index (χ4v) is 6.36. The van der Waals surface area contributed by atoms with Gasteiger partial charge in [0.25, 0.3) is 0 Å². The fourth-order valence-electron chi connectivity index (χ4n) is 6.00. The number of carbonyl (C=O) groups is 2. The van der Waals surface area contributed by atoms with Gasteiger partial charge in [0.2, 0.25) is 0 Å². The van der Waals surface area contributed by atoms with E-state index < -0.39 is 44.7 Å². The zero-order valence-corrected chi connectivity index (χ0v) is 35.4. The Morgan fingerprint density at radius 1 is 0.545 bits per heavy atom. The predicted molar refractivity (Wildman–Crippen MR) is 223 cm³/mol. The smallest absolute Gasteiger partial charge is 0.462 e. The molecule has 0 aliphatic rings. The number of rotatable bonds is 39. The zero-order chi connectivity index (χ0) is 40.7. The van der Waals surface area contributed by atoms with E-state index in [0.29, 0.717) is 25.7 Å². The molecule has 0 rings (SSSR count). The number of aliphatic hydroxyl groups is 2. The van der Waals surface area contributed by atoms with Gasteiger partial charge in [-0.15, -0.1) is 0 Å². The van der Waals surface area contributed by atoms with Crippen molar-refractivity contribution in [1.29, 1.82) is 0 Å². The second kappa shape index (κ2) is 38.8. The van der Waals surface area contributed by atoms with Crippen LogP contribution in [0.15, 0.2) is 48.6 Å². The Morgan fingerprint density at radius 2 is 0.964 bits per heavy atom. The molecule has 4 N–H and O–H groups in total. The average Bonchev–Trinajstić information content (AvgIpc) is 3.14. The van der Waals surface area contributed by atoms with Crippen molar-refractivity contribution >= 4 is 19.8 Å². The van der Waals surface area contributed by atoms with Crippen molar-refractivity contribution < 1.29 is 48.2 Å². The minimum Gasteiger partial charge on any atom is -0.462 e. The Bertz CT molecular complexity index is 1070. The highest BCUT2D eigenvalue weighted by Gasteiger charge is 2.23. The Morgan fingerprint density at radius 3 is 1.44 bits per heavy atom. The molecule has 0 saturated carbocycles. The minimum atomic E-state index is -4.82. The fraction of sp³-hybridized carbons (Fsp3) is 0.773. The molecule has 0 fully saturated rings. The normalized spacial score (nSPS) is 14.1. The number of carbonyl (C=O) groups excluding carboxylic acids is 2. The lowest BCUT2D eigenvalue weighted by Crippen LogP contribution is -2.29. The summed E-state index contributed by atoms with van der Waals surface area (Å²) in [7, 11) is -4.82. The number of unbranched alkanes of at least 4 members (excludes halogenated alkanes) is 19. The van der Waals surface area contributed by atoms with Crippen molar-refractivity contribution in [3.63, 3.8) is 0 Å². The Kier molecular flexibility index (Phi) is 37.3. The number of aliphatic hydroxyl groups excluding tert-OH is 2. The van der Waals surface area contributed by atoms with E-state index in [4.69, 9.17) is 19.3 Å². The van der Waals surface area contributed by atoms with Crippen LogP contribution < -0.4 is 0 Å². The molecule has 0 saturated heterocycles. The van der Waals surface area contributed by atoms with Crippen molar-refractivity contribution in [2.75, 3.05) is 13.2 Å². The molecular weight excluding hydrogens is 719 g/mol. The predicted octanol–water partition coefficient (Wildman–Crippen LogP) is 11.1. The van der Waals surface area contributed by atoms with Gasteiger partial charge in [0.05, 0.1) is 18.8 Å². The summed E-state index contributed by atoms with van der Waals surface area (Å²) in [5, 5.41) is 20.1. The summed E-state index contributed by atoms with van der Waals surface area (Å²) < 4.78 is 26.3. The molecular formula is C44H79O10P. The van der Waals surface area contributed by atoms with E-state index in [0.717, 1.165) is 44.9 Å². The number of hydrogen-bond donors (Lipinski definition) is 4. The topological polar surface area (TPSA) is 160 Å². The van der Waals surface area contributed by atoms with Crippen molar-refractivity contribution in [1.82, 2.24) is 0 Å². The van der Waals surface area contributed by atoms with Gasteiger partial charge in [0.1, 0.15) is 6.61 Å². The van der Waals surface area contributed by atoms with Crippen LogP contribution in [0.25, 0.3) is 0 Å². The molecule has 0 spiro atoms. The molecule has 0 bridgehead atoms. The molecule has 0 aromatic rings. The molecule has 0 aromatic carbocycles. The van der Waals surface area contributed by atoms with Gasteiger partial charge in [0, 0.05) is 12.8 Å². The zero-order valence-electron chi connectivity index (χ0n) is 34.5. The molecule has 0 aliphatic heterocycles. The maximum absolute atomic E-state index is 12.4. The molecule has 55 heavy (non-hydrogen) atoms. The Balaban J connectivity index is 4.12. The SMILES string of the molecule is CCCCCCCCCCCCCCCCCCCCC(=O)OC[C@H](COP(=O)(O)O)OC(=O)CCC[C@H](O)/C=C/C=C\C/C=C\C=C\[C@H](O)CCCCC. The molecule has 11 heteroatoms. The lowest BCUT2D eigenvalue weighted by Gasteiger charge is -2.18. The van der Waals surface area contributed by atoms with Crippen LogP contribution in [0, 0.1) is 0 Å². The molecule has 10 nitrogen and oxygen atoms in total. The summed E-state index contributed by atoms with van der Waals surface area (Å²) in [5.74, 6) is -1.11. The summed E-state index contributed by atoms with van der Waals surface area (Å²) in [6.07, 6.45) is 40.5. The van der Waals surface area contributed by atoms with Gasteiger partial charge in [0.15, 0.2) is 6.10 Å². The quantitative estimate of drug-likeness (QED) is 0.0204. The van der Waals surface area contributed by atoms with Gasteiger partial charge < -0.3 is 29.5 Å². The van der Waals surface area contributed by atoms with E-state index in [-0.39, 0.29) is 19.4 Å². The Labute approximate surface area is 334 Å². The van der Waals surface area contributed by atoms with Crippen LogP contribution in [-0.4, -0.2) is 63.5 Å². The van der Waals surface area contributed by atoms with Gasteiger partial charge in [-0.05, 0) is 32.1 Å². The minimum absolute atomic E-state index is 0.0357. The highest BCUT2D eigenvalue weighted by atomic mass is 31.2. The molecule has 0 unspecified atom stereocenters. The number of ether oxygens (including phenoxy) is 2. The second-order valence-electron chi connectivity index (χ2n) is 14.7. The van der Waals surface area contributed by atoms with Crippen LogP contribution in [0.4, 0.5) is 0 Å². The lowest BCUT2D eigenvalue weighted by molar-refractivity contribution is -0.161. The second-order valence-corrected chi connectivity index (χ2v) is 16.0. The first-order chi connectivity index (χ1) is 26.6. The molecule has 320 valence electrons. The van der Waals surface area contributed by atoms with Gasteiger partial charge in [-0.1, -0.05) is 191 Å². The van der Waals surface area contributed by atoms with Crippen LogP contribution in [0.3, 0.4) is 0 Å². The highest BCUT2D eigenvalue weighted by Crippen LogP contribution is 2.36. The van der Waals surface area contributed by atoms with Crippen molar-refractivity contribution in [2.45, 2.75) is 206 Å². The third kappa shape index (κ3) is 41.4. The van der Waals surface area contributed by atoms with E-state index in [1.54, 1.807) is 18.2 Å². The number of hydrogen-bond acceptors (Lipinski definition) is 8. The number of phosphoric ester groups is 1. The van der Waals surface area contributed by atoms with Gasteiger partial charge in [-0.25, -0.2) is 4.57 Å². The van der Waals surface area contributed by atoms with E-state index >= 15 is 0 Å². The van der Waals surface area contributed by atoms with E-state index in [9.17, 15) is 24.4 Å². The third-order valence-corrected chi connectivity index (χ3v) is 9.79. The van der Waals surface area contributed by atoms with Crippen molar-refractivity contribution in [3.05, 3.63) is 48.6 Å². The summed E-state index contributed by atoms with van der Waals surface area (Å²) in [6.45, 7) is 3.41. The summed E-state index contributed by atoms with van der Waals surface area (Å²) >= 11 is 0. The monoisotopic (exact) mass is 799 g/mol. The van der Waals surface area contributed by atoms with Crippen molar-refractivity contribution in [2.24, 2.45) is 0 Å². The van der Waals surface area contributed by atoms with E-state index in [2.05, 4.69) is 18.4 Å². The average molecular weight is 799 g/mol. The third-order valence-electron chi connectivity index (χ3n) is 9.31. The van der Waals surface area contributed by atoms with E-state index in [1.807, 2.05) is 30.4 Å². The summed E-state index contributed by atoms with van der Waals surface area (Å²) in [4.78, 5) is 42.9. The Hall–Kier alpha value is -2.07.